The van der Waals surface area contributed by atoms with E-state index in [4.69, 9.17) is 5.26 Å². The van der Waals surface area contributed by atoms with Gasteiger partial charge in [0.05, 0.1) is 6.54 Å². The van der Waals surface area contributed by atoms with Gasteiger partial charge in [0.2, 0.25) is 0 Å². The summed E-state index contributed by atoms with van der Waals surface area (Å²) in [6.07, 6.45) is 0. The van der Waals surface area contributed by atoms with Crippen LogP contribution < -0.4 is 5.32 Å². The van der Waals surface area contributed by atoms with E-state index in [-0.39, 0.29) is 0 Å². The van der Waals surface area contributed by atoms with E-state index in [0.29, 0.717) is 5.69 Å². The fourth-order valence-electron chi connectivity index (χ4n) is 1.22. The van der Waals surface area contributed by atoms with E-state index in [9.17, 15) is 0 Å². The third-order valence-electron chi connectivity index (χ3n) is 1.93. The number of thiophene rings is 1. The number of hydrogen-bond donors (Lipinski definition) is 1. The van der Waals surface area contributed by atoms with E-state index < -0.39 is 0 Å². The lowest BCUT2D eigenvalue weighted by atomic mass is 10.3. The minimum absolute atomic E-state index is 0.428. The number of nitrogens with one attached hydrogen (secondary N) is 1. The Morgan fingerprint density at radius 1 is 1.50 bits per heavy atom. The standard InChI is InChI=1S/C11H8BrN3S/c12-8-4-10(16-7-8)6-14-11-3-1-2-9(5-13)15-11/h1-4,7H,6H2,(H,14,15). The highest BCUT2D eigenvalue weighted by atomic mass is 79.9. The predicted octanol–water partition coefficient (Wildman–Crippen LogP) is 3.39. The zero-order chi connectivity index (χ0) is 11.4. The van der Waals surface area contributed by atoms with Crippen molar-refractivity contribution in [2.45, 2.75) is 6.54 Å². The average molecular weight is 294 g/mol. The number of nitrogens with zero attached hydrogens (tertiary/aromatic N) is 2. The first kappa shape index (κ1) is 11.1. The van der Waals surface area contributed by atoms with Crippen LogP contribution >= 0.6 is 27.3 Å². The lowest BCUT2D eigenvalue weighted by Gasteiger charge is -2.03. The molecular formula is C11H8BrN3S. The molecule has 0 bridgehead atoms. The molecule has 0 aliphatic heterocycles. The van der Waals surface area contributed by atoms with Crippen LogP contribution in [0.25, 0.3) is 0 Å². The second-order valence-electron chi connectivity index (χ2n) is 3.10. The van der Waals surface area contributed by atoms with Crippen molar-refractivity contribution in [3.8, 4) is 6.07 Å². The largest absolute Gasteiger partial charge is 0.365 e. The molecule has 0 aliphatic rings. The molecule has 0 amide bonds. The van der Waals surface area contributed by atoms with Gasteiger partial charge in [0.1, 0.15) is 17.6 Å². The molecule has 2 aromatic heterocycles. The van der Waals surface area contributed by atoms with E-state index in [1.54, 1.807) is 17.4 Å². The van der Waals surface area contributed by atoms with Gasteiger partial charge in [0.25, 0.3) is 0 Å². The molecule has 0 unspecified atom stereocenters. The van der Waals surface area contributed by atoms with Gasteiger partial charge < -0.3 is 5.32 Å². The summed E-state index contributed by atoms with van der Waals surface area (Å²) in [7, 11) is 0. The average Bonchev–Trinajstić information content (AvgIpc) is 2.73. The van der Waals surface area contributed by atoms with Crippen LogP contribution in [-0.4, -0.2) is 4.98 Å². The summed E-state index contributed by atoms with van der Waals surface area (Å²) in [5, 5.41) is 13.9. The summed E-state index contributed by atoms with van der Waals surface area (Å²) in [5.41, 5.74) is 0.428. The van der Waals surface area contributed by atoms with Crippen LogP contribution in [-0.2, 0) is 6.54 Å². The van der Waals surface area contributed by atoms with E-state index in [0.717, 1.165) is 16.8 Å². The Labute approximate surface area is 106 Å². The van der Waals surface area contributed by atoms with Crippen LogP contribution in [0.1, 0.15) is 10.6 Å². The zero-order valence-electron chi connectivity index (χ0n) is 8.27. The Kier molecular flexibility index (Phi) is 3.54. The second kappa shape index (κ2) is 5.10. The molecule has 3 nitrogen and oxygen atoms in total. The van der Waals surface area contributed by atoms with Gasteiger partial charge in [-0.15, -0.1) is 11.3 Å². The predicted molar refractivity (Wildman–Crippen MR) is 68.3 cm³/mol. The maximum atomic E-state index is 8.71. The lowest BCUT2D eigenvalue weighted by Crippen LogP contribution is -2.00. The van der Waals surface area contributed by atoms with Crippen molar-refractivity contribution < 1.29 is 0 Å². The minimum Gasteiger partial charge on any atom is -0.365 e. The van der Waals surface area contributed by atoms with Gasteiger partial charge in [-0.25, -0.2) is 4.98 Å². The zero-order valence-corrected chi connectivity index (χ0v) is 10.7. The SMILES string of the molecule is N#Cc1cccc(NCc2cc(Br)cs2)n1. The number of aromatic nitrogens is 1. The highest BCUT2D eigenvalue weighted by Gasteiger charge is 1.99. The molecule has 0 saturated carbocycles. The number of hydrogen-bond acceptors (Lipinski definition) is 4. The Balaban J connectivity index is 2.02. The third kappa shape index (κ3) is 2.81. The van der Waals surface area contributed by atoms with Gasteiger partial charge in [-0.3, -0.25) is 0 Å². The molecule has 2 heterocycles. The molecule has 0 aliphatic carbocycles. The van der Waals surface area contributed by atoms with Gasteiger partial charge >= 0.3 is 0 Å². The first-order chi connectivity index (χ1) is 7.78. The summed E-state index contributed by atoms with van der Waals surface area (Å²) < 4.78 is 1.09. The first-order valence-corrected chi connectivity index (χ1v) is 6.29. The number of anilines is 1. The highest BCUT2D eigenvalue weighted by molar-refractivity contribution is 9.10. The third-order valence-corrected chi connectivity index (χ3v) is 3.63. The number of rotatable bonds is 3. The van der Waals surface area contributed by atoms with Crippen LogP contribution in [0.2, 0.25) is 0 Å². The van der Waals surface area contributed by atoms with E-state index in [1.807, 2.05) is 23.6 Å². The molecule has 0 radical (unpaired) electrons. The molecule has 5 heteroatoms. The van der Waals surface area contributed by atoms with Crippen molar-refractivity contribution in [3.05, 3.63) is 44.7 Å². The Bertz CT molecular complexity index is 530. The molecule has 2 rings (SSSR count). The fraction of sp³-hybridized carbons (Fsp3) is 0.0909. The molecule has 1 N–H and O–H groups in total. The summed E-state index contributed by atoms with van der Waals surface area (Å²) in [6, 6.07) is 9.43. The van der Waals surface area contributed by atoms with Crippen molar-refractivity contribution in [2.24, 2.45) is 0 Å². The van der Waals surface area contributed by atoms with E-state index in [1.165, 1.54) is 4.88 Å². The second-order valence-corrected chi connectivity index (χ2v) is 5.02. The van der Waals surface area contributed by atoms with Crippen LogP contribution in [0.15, 0.2) is 34.1 Å². The van der Waals surface area contributed by atoms with Crippen LogP contribution in [0, 0.1) is 11.3 Å². The quantitative estimate of drug-likeness (QED) is 0.944. The maximum Gasteiger partial charge on any atom is 0.142 e. The van der Waals surface area contributed by atoms with Gasteiger partial charge in [-0.1, -0.05) is 6.07 Å². The molecule has 0 aromatic carbocycles. The van der Waals surface area contributed by atoms with Crippen molar-refractivity contribution in [1.29, 1.82) is 5.26 Å². The fourth-order valence-corrected chi connectivity index (χ4v) is 2.61. The molecule has 0 saturated heterocycles. The Morgan fingerprint density at radius 2 is 2.38 bits per heavy atom. The van der Waals surface area contributed by atoms with Crippen LogP contribution in [0.4, 0.5) is 5.82 Å². The molecule has 0 spiro atoms. The number of halogens is 1. The van der Waals surface area contributed by atoms with Crippen molar-refractivity contribution >= 4 is 33.1 Å². The van der Waals surface area contributed by atoms with Crippen LogP contribution in [0.5, 0.6) is 0 Å². The van der Waals surface area contributed by atoms with Gasteiger partial charge in [0, 0.05) is 14.7 Å². The van der Waals surface area contributed by atoms with Crippen molar-refractivity contribution in [1.82, 2.24) is 4.98 Å². The van der Waals surface area contributed by atoms with Crippen molar-refractivity contribution in [3.63, 3.8) is 0 Å². The monoisotopic (exact) mass is 293 g/mol. The molecular weight excluding hydrogens is 286 g/mol. The Morgan fingerprint density at radius 3 is 3.06 bits per heavy atom. The summed E-state index contributed by atoms with van der Waals surface area (Å²) in [5.74, 6) is 0.726. The van der Waals surface area contributed by atoms with Crippen LogP contribution in [0.3, 0.4) is 0 Å². The smallest absolute Gasteiger partial charge is 0.142 e. The molecule has 80 valence electrons. The molecule has 2 aromatic rings. The Hall–Kier alpha value is -1.38. The molecule has 0 atom stereocenters. The maximum absolute atomic E-state index is 8.71. The van der Waals surface area contributed by atoms with Crippen molar-refractivity contribution in [2.75, 3.05) is 5.32 Å². The lowest BCUT2D eigenvalue weighted by molar-refractivity contribution is 1.13. The molecule has 16 heavy (non-hydrogen) atoms. The summed E-state index contributed by atoms with van der Waals surface area (Å²) in [6.45, 7) is 0.720. The number of pyridine rings is 1. The normalized spacial score (nSPS) is 9.75. The summed E-state index contributed by atoms with van der Waals surface area (Å²) >= 11 is 5.08. The van der Waals surface area contributed by atoms with Gasteiger partial charge in [0.15, 0.2) is 0 Å². The van der Waals surface area contributed by atoms with E-state index in [2.05, 4.69) is 32.3 Å². The van der Waals surface area contributed by atoms with E-state index >= 15 is 0 Å². The number of nitriles is 1. The topological polar surface area (TPSA) is 48.7 Å². The highest BCUT2D eigenvalue weighted by Crippen LogP contribution is 2.20. The summed E-state index contributed by atoms with van der Waals surface area (Å²) in [4.78, 5) is 5.35. The minimum atomic E-state index is 0.428. The van der Waals surface area contributed by atoms with Gasteiger partial charge in [-0.2, -0.15) is 5.26 Å². The van der Waals surface area contributed by atoms with Gasteiger partial charge in [-0.05, 0) is 34.1 Å². The molecule has 0 fully saturated rings. The first-order valence-electron chi connectivity index (χ1n) is 4.62.